The van der Waals surface area contributed by atoms with Crippen LogP contribution in [0.15, 0.2) is 42.9 Å². The highest BCUT2D eigenvalue weighted by Gasteiger charge is 2.03. The summed E-state index contributed by atoms with van der Waals surface area (Å²) in [5.74, 6) is 0. The summed E-state index contributed by atoms with van der Waals surface area (Å²) in [6.07, 6.45) is 11.5. The number of allylic oxidation sites excluding steroid dienone is 2. The topological polar surface area (TPSA) is 16.1 Å². The van der Waals surface area contributed by atoms with Gasteiger partial charge in [0.1, 0.15) is 0 Å². The van der Waals surface area contributed by atoms with Crippen molar-refractivity contribution in [2.75, 3.05) is 11.4 Å². The largest absolute Gasteiger partial charge is 0.343 e. The zero-order chi connectivity index (χ0) is 9.10. The molecule has 0 atom stereocenters. The number of rotatable bonds is 1. The van der Waals surface area contributed by atoms with Crippen LogP contribution in [0.1, 0.15) is 0 Å². The smallest absolute Gasteiger partial charge is 0.0610 e. The number of nitrogens with zero attached hydrogens (tertiary/aromatic N) is 2. The number of anilines is 1. The maximum Gasteiger partial charge on any atom is 0.0610 e. The molecule has 0 aromatic carbocycles. The number of hydrogen-bond acceptors (Lipinski definition) is 2. The normalized spacial score (nSPS) is 15.0. The van der Waals surface area contributed by atoms with Crippen LogP contribution in [0, 0.1) is 0 Å². The Balaban J connectivity index is 2.25. The van der Waals surface area contributed by atoms with Gasteiger partial charge in [-0.05, 0) is 12.1 Å². The summed E-state index contributed by atoms with van der Waals surface area (Å²) < 4.78 is 0. The molecular weight excluding hydrogens is 184 g/mol. The molecule has 1 aliphatic rings. The summed E-state index contributed by atoms with van der Waals surface area (Å²) in [6.45, 7) is 0.874. The van der Waals surface area contributed by atoms with Crippen LogP contribution in [-0.4, -0.2) is 11.5 Å². The zero-order valence-electron chi connectivity index (χ0n) is 7.02. The Hall–Kier alpha value is -1.28. The van der Waals surface area contributed by atoms with E-state index in [1.807, 2.05) is 24.4 Å². The second kappa shape index (κ2) is 3.62. The summed E-state index contributed by atoms with van der Waals surface area (Å²) in [6, 6.07) is 1.90. The van der Waals surface area contributed by atoms with Crippen LogP contribution >= 0.6 is 11.6 Å². The number of halogens is 1. The molecule has 3 heteroatoms. The van der Waals surface area contributed by atoms with Crippen LogP contribution in [0.2, 0.25) is 5.02 Å². The van der Waals surface area contributed by atoms with Gasteiger partial charge in [0.25, 0.3) is 0 Å². The van der Waals surface area contributed by atoms with Crippen molar-refractivity contribution >= 4 is 17.3 Å². The molecule has 0 spiro atoms. The van der Waals surface area contributed by atoms with Gasteiger partial charge in [-0.15, -0.1) is 0 Å². The van der Waals surface area contributed by atoms with Crippen LogP contribution in [-0.2, 0) is 0 Å². The van der Waals surface area contributed by atoms with Gasteiger partial charge in [-0.1, -0.05) is 23.8 Å². The lowest BCUT2D eigenvalue weighted by Gasteiger charge is -2.19. The molecule has 0 radical (unpaired) electrons. The molecule has 13 heavy (non-hydrogen) atoms. The van der Waals surface area contributed by atoms with Crippen LogP contribution in [0.4, 0.5) is 5.69 Å². The second-order valence-corrected chi connectivity index (χ2v) is 3.22. The van der Waals surface area contributed by atoms with E-state index in [0.717, 1.165) is 12.2 Å². The minimum Gasteiger partial charge on any atom is -0.343 e. The third kappa shape index (κ3) is 1.90. The van der Waals surface area contributed by atoms with E-state index in [0.29, 0.717) is 5.02 Å². The van der Waals surface area contributed by atoms with E-state index in [4.69, 9.17) is 11.6 Å². The monoisotopic (exact) mass is 192 g/mol. The molecule has 0 aliphatic carbocycles. The van der Waals surface area contributed by atoms with Crippen molar-refractivity contribution in [3.05, 3.63) is 47.9 Å². The highest BCUT2D eigenvalue weighted by molar-refractivity contribution is 6.30. The lowest BCUT2D eigenvalue weighted by molar-refractivity contribution is 1.06. The fourth-order valence-electron chi connectivity index (χ4n) is 1.22. The van der Waals surface area contributed by atoms with E-state index >= 15 is 0 Å². The van der Waals surface area contributed by atoms with Gasteiger partial charge in [-0.25, -0.2) is 0 Å². The average molecular weight is 193 g/mol. The molecule has 2 heterocycles. The van der Waals surface area contributed by atoms with Crippen LogP contribution in [0.25, 0.3) is 0 Å². The fraction of sp³-hybridized carbons (Fsp3) is 0.100. The first-order valence-electron chi connectivity index (χ1n) is 4.07. The zero-order valence-corrected chi connectivity index (χ0v) is 7.78. The molecule has 0 N–H and O–H groups in total. The lowest BCUT2D eigenvalue weighted by Crippen LogP contribution is -2.17. The van der Waals surface area contributed by atoms with Gasteiger partial charge >= 0.3 is 0 Å². The van der Waals surface area contributed by atoms with Gasteiger partial charge in [0.2, 0.25) is 0 Å². The minimum absolute atomic E-state index is 0.667. The Labute approximate surface area is 82.2 Å². The predicted octanol–water partition coefficient (Wildman–Crippen LogP) is 2.62. The van der Waals surface area contributed by atoms with E-state index in [1.165, 1.54) is 0 Å². The van der Waals surface area contributed by atoms with E-state index in [-0.39, 0.29) is 0 Å². The van der Waals surface area contributed by atoms with Gasteiger partial charge < -0.3 is 4.90 Å². The van der Waals surface area contributed by atoms with Crippen molar-refractivity contribution in [1.29, 1.82) is 0 Å². The summed E-state index contributed by atoms with van der Waals surface area (Å²) in [7, 11) is 0. The highest BCUT2D eigenvalue weighted by Crippen LogP contribution is 2.18. The van der Waals surface area contributed by atoms with Gasteiger partial charge in [0.05, 0.1) is 16.9 Å². The Bertz CT molecular complexity index is 358. The van der Waals surface area contributed by atoms with Crippen molar-refractivity contribution in [2.24, 2.45) is 0 Å². The number of hydrogen-bond donors (Lipinski definition) is 0. The van der Waals surface area contributed by atoms with Crippen molar-refractivity contribution in [3.8, 4) is 0 Å². The standard InChI is InChI=1S/C10H9ClN2/c11-9-6-10(8-12-7-9)13-4-2-1-3-5-13/h1-4,6-8H,5H2. The maximum absolute atomic E-state index is 5.83. The SMILES string of the molecule is Clc1cncc(N2C=CC=CC2)c1. The molecule has 0 fully saturated rings. The molecule has 0 unspecified atom stereocenters. The van der Waals surface area contributed by atoms with E-state index in [2.05, 4.69) is 16.0 Å². The van der Waals surface area contributed by atoms with Crippen LogP contribution < -0.4 is 4.90 Å². The fourth-order valence-corrected chi connectivity index (χ4v) is 1.38. The lowest BCUT2D eigenvalue weighted by atomic mass is 10.3. The molecular formula is C10H9ClN2. The first kappa shape index (κ1) is 8.32. The third-order valence-electron chi connectivity index (χ3n) is 1.84. The van der Waals surface area contributed by atoms with Crippen LogP contribution in [0.5, 0.6) is 0 Å². The van der Waals surface area contributed by atoms with Gasteiger partial charge in [-0.2, -0.15) is 0 Å². The highest BCUT2D eigenvalue weighted by atomic mass is 35.5. The maximum atomic E-state index is 5.83. The molecule has 1 aromatic rings. The van der Waals surface area contributed by atoms with Gasteiger partial charge in [-0.3, -0.25) is 4.98 Å². The Kier molecular flexibility index (Phi) is 2.32. The number of aromatic nitrogens is 1. The van der Waals surface area contributed by atoms with Crippen molar-refractivity contribution < 1.29 is 0 Å². The molecule has 1 aromatic heterocycles. The molecule has 0 amide bonds. The molecule has 1 aliphatic heterocycles. The van der Waals surface area contributed by atoms with Crippen LogP contribution in [0.3, 0.4) is 0 Å². The van der Waals surface area contributed by atoms with E-state index in [9.17, 15) is 0 Å². The molecule has 0 bridgehead atoms. The molecule has 0 saturated carbocycles. The summed E-state index contributed by atoms with van der Waals surface area (Å²) in [5.41, 5.74) is 1.02. The second-order valence-electron chi connectivity index (χ2n) is 2.78. The summed E-state index contributed by atoms with van der Waals surface area (Å²) in [5, 5.41) is 0.667. The predicted molar refractivity (Wildman–Crippen MR) is 54.9 cm³/mol. The Morgan fingerprint density at radius 3 is 2.92 bits per heavy atom. The molecule has 66 valence electrons. The van der Waals surface area contributed by atoms with E-state index in [1.54, 1.807) is 12.4 Å². The Morgan fingerprint density at radius 2 is 2.23 bits per heavy atom. The van der Waals surface area contributed by atoms with Crippen molar-refractivity contribution in [2.45, 2.75) is 0 Å². The van der Waals surface area contributed by atoms with Gasteiger partial charge in [0.15, 0.2) is 0 Å². The van der Waals surface area contributed by atoms with E-state index < -0.39 is 0 Å². The Morgan fingerprint density at radius 1 is 1.31 bits per heavy atom. The van der Waals surface area contributed by atoms with Gasteiger partial charge in [0, 0.05) is 18.9 Å². The average Bonchev–Trinajstić information content (AvgIpc) is 2.19. The molecule has 2 nitrogen and oxygen atoms in total. The third-order valence-corrected chi connectivity index (χ3v) is 2.04. The number of pyridine rings is 1. The molecule has 2 rings (SSSR count). The summed E-state index contributed by atoms with van der Waals surface area (Å²) in [4.78, 5) is 6.11. The molecule has 0 saturated heterocycles. The first-order valence-corrected chi connectivity index (χ1v) is 4.44. The first-order chi connectivity index (χ1) is 6.36. The van der Waals surface area contributed by atoms with Crippen molar-refractivity contribution in [3.63, 3.8) is 0 Å². The summed E-state index contributed by atoms with van der Waals surface area (Å²) >= 11 is 5.83. The quantitative estimate of drug-likeness (QED) is 0.680. The minimum atomic E-state index is 0.667. The van der Waals surface area contributed by atoms with Crippen molar-refractivity contribution in [1.82, 2.24) is 4.98 Å².